The SMILES string of the molecule is CC(C)CCCOC(=O)Cc1ccc(-n2cnnn2)cc1. The highest BCUT2D eigenvalue weighted by molar-refractivity contribution is 5.72. The summed E-state index contributed by atoms with van der Waals surface area (Å²) >= 11 is 0. The Morgan fingerprint density at radius 3 is 2.67 bits per heavy atom. The van der Waals surface area contributed by atoms with Gasteiger partial charge in [0.25, 0.3) is 0 Å². The zero-order valence-electron chi connectivity index (χ0n) is 12.4. The summed E-state index contributed by atoms with van der Waals surface area (Å²) < 4.78 is 6.79. The van der Waals surface area contributed by atoms with E-state index in [0.29, 0.717) is 12.5 Å². The van der Waals surface area contributed by atoms with Crippen molar-refractivity contribution in [1.82, 2.24) is 20.2 Å². The molecule has 0 aliphatic heterocycles. The monoisotopic (exact) mass is 288 g/mol. The summed E-state index contributed by atoms with van der Waals surface area (Å²) in [6.07, 6.45) is 3.81. The smallest absolute Gasteiger partial charge is 0.310 e. The van der Waals surface area contributed by atoms with Crippen LogP contribution >= 0.6 is 0 Å². The number of rotatable bonds is 7. The molecule has 21 heavy (non-hydrogen) atoms. The van der Waals surface area contributed by atoms with Crippen LogP contribution in [0.15, 0.2) is 30.6 Å². The van der Waals surface area contributed by atoms with Gasteiger partial charge in [-0.15, -0.1) is 5.10 Å². The van der Waals surface area contributed by atoms with Crippen molar-refractivity contribution in [2.24, 2.45) is 5.92 Å². The normalized spacial score (nSPS) is 10.8. The Labute approximate surface area is 124 Å². The van der Waals surface area contributed by atoms with Crippen molar-refractivity contribution in [3.63, 3.8) is 0 Å². The molecule has 0 N–H and O–H groups in total. The number of hydrogen-bond acceptors (Lipinski definition) is 5. The van der Waals surface area contributed by atoms with E-state index in [1.165, 1.54) is 6.33 Å². The summed E-state index contributed by atoms with van der Waals surface area (Å²) in [5, 5.41) is 11.0. The molecule has 6 nitrogen and oxygen atoms in total. The van der Waals surface area contributed by atoms with Gasteiger partial charge in [-0.2, -0.15) is 0 Å². The van der Waals surface area contributed by atoms with E-state index in [1.54, 1.807) is 4.68 Å². The molecular weight excluding hydrogens is 268 g/mol. The standard InChI is InChI=1S/C15H20N4O2/c1-12(2)4-3-9-21-15(20)10-13-5-7-14(8-6-13)19-11-16-17-18-19/h5-8,11-12H,3-4,9-10H2,1-2H3. The Morgan fingerprint density at radius 1 is 1.29 bits per heavy atom. The minimum atomic E-state index is -0.186. The van der Waals surface area contributed by atoms with Crippen LogP contribution in [0.25, 0.3) is 5.69 Å². The van der Waals surface area contributed by atoms with E-state index in [2.05, 4.69) is 29.4 Å². The van der Waals surface area contributed by atoms with Crippen LogP contribution in [0, 0.1) is 5.92 Å². The topological polar surface area (TPSA) is 69.9 Å². The first-order chi connectivity index (χ1) is 10.1. The molecule has 0 aliphatic rings. The molecule has 0 spiro atoms. The molecule has 0 aliphatic carbocycles. The second kappa shape index (κ2) is 7.52. The molecule has 1 aromatic heterocycles. The highest BCUT2D eigenvalue weighted by atomic mass is 16.5. The average molecular weight is 288 g/mol. The number of nitrogens with zero attached hydrogens (tertiary/aromatic N) is 4. The first-order valence-corrected chi connectivity index (χ1v) is 7.13. The zero-order chi connectivity index (χ0) is 15.1. The lowest BCUT2D eigenvalue weighted by molar-refractivity contribution is -0.143. The Kier molecular flexibility index (Phi) is 5.43. The van der Waals surface area contributed by atoms with Crippen LogP contribution in [0.2, 0.25) is 0 Å². The minimum absolute atomic E-state index is 0.186. The lowest BCUT2D eigenvalue weighted by atomic mass is 10.1. The lowest BCUT2D eigenvalue weighted by Gasteiger charge is -2.07. The van der Waals surface area contributed by atoms with Gasteiger partial charge in [-0.1, -0.05) is 26.0 Å². The van der Waals surface area contributed by atoms with Crippen molar-refractivity contribution in [2.75, 3.05) is 6.61 Å². The second-order valence-electron chi connectivity index (χ2n) is 5.35. The number of carbonyl (C=O) groups is 1. The first kappa shape index (κ1) is 15.2. The predicted octanol–water partition coefficient (Wildman–Crippen LogP) is 2.18. The first-order valence-electron chi connectivity index (χ1n) is 7.13. The maximum atomic E-state index is 11.7. The fourth-order valence-electron chi connectivity index (χ4n) is 1.94. The zero-order valence-corrected chi connectivity index (χ0v) is 12.4. The van der Waals surface area contributed by atoms with Crippen LogP contribution in [-0.2, 0) is 16.0 Å². The van der Waals surface area contributed by atoms with Crippen molar-refractivity contribution in [2.45, 2.75) is 33.1 Å². The molecule has 0 unspecified atom stereocenters. The summed E-state index contributed by atoms with van der Waals surface area (Å²) in [5.74, 6) is 0.455. The van der Waals surface area contributed by atoms with E-state index in [4.69, 9.17) is 4.74 Å². The van der Waals surface area contributed by atoms with Gasteiger partial charge >= 0.3 is 5.97 Å². The van der Waals surface area contributed by atoms with Gasteiger partial charge in [0.15, 0.2) is 0 Å². The maximum Gasteiger partial charge on any atom is 0.310 e. The Bertz CT molecular complexity index is 550. The largest absolute Gasteiger partial charge is 0.465 e. The van der Waals surface area contributed by atoms with Gasteiger partial charge < -0.3 is 4.74 Å². The number of benzene rings is 1. The molecule has 0 radical (unpaired) electrons. The van der Waals surface area contributed by atoms with Crippen molar-refractivity contribution < 1.29 is 9.53 Å². The number of esters is 1. The average Bonchev–Trinajstić information content (AvgIpc) is 2.98. The van der Waals surface area contributed by atoms with Gasteiger partial charge in [-0.05, 0) is 46.9 Å². The summed E-state index contributed by atoms with van der Waals surface area (Å²) in [4.78, 5) is 11.7. The van der Waals surface area contributed by atoms with E-state index in [-0.39, 0.29) is 12.4 Å². The van der Waals surface area contributed by atoms with Gasteiger partial charge in [0.1, 0.15) is 6.33 Å². The molecule has 2 rings (SSSR count). The molecule has 112 valence electrons. The molecule has 2 aromatic rings. The van der Waals surface area contributed by atoms with Crippen molar-refractivity contribution >= 4 is 5.97 Å². The number of hydrogen-bond donors (Lipinski definition) is 0. The maximum absolute atomic E-state index is 11.7. The predicted molar refractivity (Wildman–Crippen MR) is 77.9 cm³/mol. The highest BCUT2D eigenvalue weighted by Gasteiger charge is 2.06. The third-order valence-corrected chi connectivity index (χ3v) is 3.09. The van der Waals surface area contributed by atoms with E-state index >= 15 is 0 Å². The van der Waals surface area contributed by atoms with Gasteiger partial charge in [-0.25, -0.2) is 4.68 Å². The third kappa shape index (κ3) is 4.98. The van der Waals surface area contributed by atoms with Gasteiger partial charge in [0.05, 0.1) is 18.7 Å². The molecule has 1 heterocycles. The van der Waals surface area contributed by atoms with Crippen LogP contribution in [0.5, 0.6) is 0 Å². The van der Waals surface area contributed by atoms with Gasteiger partial charge in [-0.3, -0.25) is 4.79 Å². The number of tetrazole rings is 1. The molecule has 0 amide bonds. The number of carbonyl (C=O) groups excluding carboxylic acids is 1. The van der Waals surface area contributed by atoms with Gasteiger partial charge in [0.2, 0.25) is 0 Å². The quantitative estimate of drug-likeness (QED) is 0.577. The van der Waals surface area contributed by atoms with Crippen LogP contribution in [0.4, 0.5) is 0 Å². The number of ether oxygens (including phenoxy) is 1. The second-order valence-corrected chi connectivity index (χ2v) is 5.35. The molecule has 1 aromatic carbocycles. The fourth-order valence-corrected chi connectivity index (χ4v) is 1.94. The Balaban J connectivity index is 1.79. The fraction of sp³-hybridized carbons (Fsp3) is 0.467. The van der Waals surface area contributed by atoms with Crippen LogP contribution < -0.4 is 0 Å². The molecule has 0 atom stereocenters. The Hall–Kier alpha value is -2.24. The number of aromatic nitrogens is 4. The van der Waals surface area contributed by atoms with Gasteiger partial charge in [0, 0.05) is 0 Å². The highest BCUT2D eigenvalue weighted by Crippen LogP contribution is 2.09. The summed E-state index contributed by atoms with van der Waals surface area (Å²) in [6.45, 7) is 4.82. The molecule has 0 bridgehead atoms. The van der Waals surface area contributed by atoms with E-state index in [9.17, 15) is 4.79 Å². The molecule has 0 saturated heterocycles. The molecule has 0 fully saturated rings. The molecular formula is C15H20N4O2. The summed E-state index contributed by atoms with van der Waals surface area (Å²) in [6, 6.07) is 7.51. The van der Waals surface area contributed by atoms with Crippen LogP contribution in [0.1, 0.15) is 32.3 Å². The van der Waals surface area contributed by atoms with Crippen molar-refractivity contribution in [3.05, 3.63) is 36.2 Å². The molecule has 6 heteroatoms. The van der Waals surface area contributed by atoms with Crippen molar-refractivity contribution in [3.8, 4) is 5.69 Å². The van der Waals surface area contributed by atoms with Crippen LogP contribution in [-0.4, -0.2) is 32.8 Å². The van der Waals surface area contributed by atoms with Crippen molar-refractivity contribution in [1.29, 1.82) is 0 Å². The molecule has 0 saturated carbocycles. The third-order valence-electron chi connectivity index (χ3n) is 3.09. The van der Waals surface area contributed by atoms with E-state index in [0.717, 1.165) is 24.1 Å². The minimum Gasteiger partial charge on any atom is -0.465 e. The lowest BCUT2D eigenvalue weighted by Crippen LogP contribution is -2.09. The Morgan fingerprint density at radius 2 is 2.05 bits per heavy atom. The van der Waals surface area contributed by atoms with E-state index in [1.807, 2.05) is 24.3 Å². The summed E-state index contributed by atoms with van der Waals surface area (Å²) in [5.41, 5.74) is 1.77. The van der Waals surface area contributed by atoms with E-state index < -0.39 is 0 Å². The summed E-state index contributed by atoms with van der Waals surface area (Å²) in [7, 11) is 0. The van der Waals surface area contributed by atoms with Crippen LogP contribution in [0.3, 0.4) is 0 Å².